The average Bonchev–Trinajstić information content (AvgIpc) is 2.82. The Hall–Kier alpha value is -3.32. The van der Waals surface area contributed by atoms with Crippen LogP contribution in [0.2, 0.25) is 5.02 Å². The molecule has 0 saturated heterocycles. The molecule has 178 valence electrons. The van der Waals surface area contributed by atoms with E-state index in [-0.39, 0.29) is 35.7 Å². The number of benzene rings is 2. The van der Waals surface area contributed by atoms with Crippen LogP contribution in [-0.4, -0.2) is 30.4 Å². The van der Waals surface area contributed by atoms with Crippen LogP contribution in [0.4, 0.5) is 10.5 Å². The second kappa shape index (κ2) is 10.3. The zero-order valence-electron chi connectivity index (χ0n) is 19.1. The SMILES string of the molecule is C/C(N)=C1\C(=O)c2c(Cl)cccc2N(C2CCCC(CNC(=O)OCc3ccccc3)C2)C1=O. The Bertz CT molecular complexity index is 1130. The van der Waals surface area contributed by atoms with Crippen molar-refractivity contribution >= 4 is 35.1 Å². The van der Waals surface area contributed by atoms with Crippen LogP contribution in [0, 0.1) is 5.92 Å². The number of nitrogens with one attached hydrogen (secondary N) is 1. The number of alkyl carbamates (subject to hydrolysis) is 1. The molecule has 2 aromatic carbocycles. The smallest absolute Gasteiger partial charge is 0.407 e. The number of hydrogen-bond acceptors (Lipinski definition) is 5. The minimum Gasteiger partial charge on any atom is -0.445 e. The van der Waals surface area contributed by atoms with Crippen LogP contribution in [0.25, 0.3) is 0 Å². The van der Waals surface area contributed by atoms with E-state index >= 15 is 0 Å². The van der Waals surface area contributed by atoms with Crippen molar-refractivity contribution in [3.05, 3.63) is 76.0 Å². The average molecular weight is 482 g/mol. The van der Waals surface area contributed by atoms with Crippen LogP contribution in [0.15, 0.2) is 59.8 Å². The Morgan fingerprint density at radius 3 is 2.65 bits per heavy atom. The van der Waals surface area contributed by atoms with E-state index in [2.05, 4.69) is 5.32 Å². The van der Waals surface area contributed by atoms with Gasteiger partial charge in [0.05, 0.1) is 16.3 Å². The number of anilines is 1. The molecule has 8 heteroatoms. The highest BCUT2D eigenvalue weighted by Crippen LogP contribution is 2.40. The number of nitrogens with zero attached hydrogens (tertiary/aromatic N) is 1. The number of carbonyl (C=O) groups is 3. The lowest BCUT2D eigenvalue weighted by Gasteiger charge is -2.40. The largest absolute Gasteiger partial charge is 0.445 e. The molecule has 4 rings (SSSR count). The summed E-state index contributed by atoms with van der Waals surface area (Å²) in [6.45, 7) is 2.22. The van der Waals surface area contributed by atoms with Crippen molar-refractivity contribution in [1.82, 2.24) is 5.32 Å². The van der Waals surface area contributed by atoms with Crippen LogP contribution in [0.3, 0.4) is 0 Å². The van der Waals surface area contributed by atoms with E-state index in [1.807, 2.05) is 30.3 Å². The van der Waals surface area contributed by atoms with E-state index in [0.29, 0.717) is 29.2 Å². The first-order chi connectivity index (χ1) is 16.4. The summed E-state index contributed by atoms with van der Waals surface area (Å²) in [6.07, 6.45) is 2.83. The van der Waals surface area contributed by atoms with Gasteiger partial charge in [0.15, 0.2) is 0 Å². The summed E-state index contributed by atoms with van der Waals surface area (Å²) in [7, 11) is 0. The molecule has 1 aliphatic heterocycles. The summed E-state index contributed by atoms with van der Waals surface area (Å²) in [6, 6.07) is 14.5. The minimum absolute atomic E-state index is 0.0228. The van der Waals surface area contributed by atoms with Crippen molar-refractivity contribution < 1.29 is 19.1 Å². The Morgan fingerprint density at radius 1 is 1.15 bits per heavy atom. The molecule has 1 saturated carbocycles. The van der Waals surface area contributed by atoms with Crippen molar-refractivity contribution in [2.75, 3.05) is 11.4 Å². The lowest BCUT2D eigenvalue weighted by atomic mass is 9.82. The number of hydrogen-bond donors (Lipinski definition) is 2. The number of rotatable bonds is 5. The molecular weight excluding hydrogens is 454 g/mol. The highest BCUT2D eigenvalue weighted by Gasteiger charge is 2.41. The van der Waals surface area contributed by atoms with Gasteiger partial charge in [-0.15, -0.1) is 0 Å². The van der Waals surface area contributed by atoms with Gasteiger partial charge in [0.2, 0.25) is 5.78 Å². The summed E-state index contributed by atoms with van der Waals surface area (Å²) < 4.78 is 5.30. The van der Waals surface area contributed by atoms with E-state index in [4.69, 9.17) is 22.1 Å². The molecule has 2 atom stereocenters. The van der Waals surface area contributed by atoms with Crippen molar-refractivity contribution in [3.8, 4) is 0 Å². The Labute approximate surface area is 203 Å². The number of ether oxygens (including phenoxy) is 1. The molecule has 7 nitrogen and oxygen atoms in total. The van der Waals surface area contributed by atoms with Crippen molar-refractivity contribution in [1.29, 1.82) is 0 Å². The van der Waals surface area contributed by atoms with Gasteiger partial charge in [-0.05, 0) is 49.8 Å². The van der Waals surface area contributed by atoms with Crippen molar-refractivity contribution in [2.24, 2.45) is 11.7 Å². The number of halogens is 1. The molecule has 1 heterocycles. The fraction of sp³-hybridized carbons (Fsp3) is 0.346. The number of amides is 2. The minimum atomic E-state index is -0.466. The molecule has 2 aliphatic rings. The summed E-state index contributed by atoms with van der Waals surface area (Å²) in [5, 5.41) is 3.15. The van der Waals surface area contributed by atoms with E-state index < -0.39 is 11.9 Å². The Balaban J connectivity index is 1.45. The summed E-state index contributed by atoms with van der Waals surface area (Å²) >= 11 is 6.36. The maximum atomic E-state index is 13.4. The first kappa shape index (κ1) is 23.8. The normalized spacial score (nSPS) is 21.6. The summed E-state index contributed by atoms with van der Waals surface area (Å²) in [4.78, 5) is 40.2. The van der Waals surface area contributed by atoms with Gasteiger partial charge < -0.3 is 20.7 Å². The molecule has 1 aliphatic carbocycles. The number of Topliss-reactive ketones (excluding diaryl/α,β-unsaturated/α-hetero) is 1. The predicted octanol–water partition coefficient (Wildman–Crippen LogP) is 4.59. The highest BCUT2D eigenvalue weighted by molar-refractivity contribution is 6.42. The third-order valence-electron chi connectivity index (χ3n) is 6.40. The molecule has 0 aromatic heterocycles. The molecule has 2 amide bonds. The van der Waals surface area contributed by atoms with Crippen LogP contribution in [0.5, 0.6) is 0 Å². The van der Waals surface area contributed by atoms with Gasteiger partial charge in [0.25, 0.3) is 5.91 Å². The third kappa shape index (κ3) is 4.94. The quantitative estimate of drug-likeness (QED) is 0.480. The molecule has 34 heavy (non-hydrogen) atoms. The Morgan fingerprint density at radius 2 is 1.91 bits per heavy atom. The number of allylic oxidation sites excluding steroid dienone is 1. The second-order valence-electron chi connectivity index (χ2n) is 8.83. The highest BCUT2D eigenvalue weighted by atomic mass is 35.5. The topological polar surface area (TPSA) is 102 Å². The first-order valence-electron chi connectivity index (χ1n) is 11.4. The van der Waals surface area contributed by atoms with Crippen LogP contribution in [-0.2, 0) is 16.1 Å². The number of ketones is 1. The third-order valence-corrected chi connectivity index (χ3v) is 6.72. The Kier molecular flexibility index (Phi) is 7.22. The number of fused-ring (bicyclic) bond motifs is 1. The van der Waals surface area contributed by atoms with E-state index in [1.165, 1.54) is 0 Å². The van der Waals surface area contributed by atoms with Crippen molar-refractivity contribution in [3.63, 3.8) is 0 Å². The number of nitrogens with two attached hydrogens (primary N) is 1. The summed E-state index contributed by atoms with van der Waals surface area (Å²) in [5.41, 5.74) is 7.85. The molecule has 0 radical (unpaired) electrons. The van der Waals surface area contributed by atoms with E-state index in [1.54, 1.807) is 30.0 Å². The van der Waals surface area contributed by atoms with Gasteiger partial charge in [-0.1, -0.05) is 54.4 Å². The van der Waals surface area contributed by atoms with Gasteiger partial charge in [-0.25, -0.2) is 4.79 Å². The molecule has 2 aromatic rings. The molecule has 3 N–H and O–H groups in total. The maximum Gasteiger partial charge on any atom is 0.407 e. The summed E-state index contributed by atoms with van der Waals surface area (Å²) in [5.74, 6) is -0.653. The predicted molar refractivity (Wildman–Crippen MR) is 131 cm³/mol. The monoisotopic (exact) mass is 481 g/mol. The van der Waals surface area contributed by atoms with Gasteiger partial charge in [-0.2, -0.15) is 0 Å². The van der Waals surface area contributed by atoms with Crippen LogP contribution < -0.4 is 16.0 Å². The standard InChI is InChI=1S/C26H28ClN3O4/c1-16(28)22-24(31)23-20(27)11-6-12-21(23)30(25(22)32)19-10-5-9-18(13-19)14-29-26(33)34-15-17-7-3-2-4-8-17/h2-4,6-8,11-12,18-19H,5,9-10,13-15,28H2,1H3,(H,29,33)/b22-16-. The van der Waals surface area contributed by atoms with Gasteiger partial charge in [0.1, 0.15) is 12.2 Å². The van der Waals surface area contributed by atoms with E-state index in [0.717, 1.165) is 24.8 Å². The lowest BCUT2D eigenvalue weighted by molar-refractivity contribution is -0.115. The fourth-order valence-electron chi connectivity index (χ4n) is 4.78. The van der Waals surface area contributed by atoms with E-state index in [9.17, 15) is 14.4 Å². The zero-order chi connectivity index (χ0) is 24.2. The van der Waals surface area contributed by atoms with Gasteiger partial charge >= 0.3 is 6.09 Å². The lowest BCUT2D eigenvalue weighted by Crippen LogP contribution is -2.49. The van der Waals surface area contributed by atoms with Crippen LogP contribution >= 0.6 is 11.6 Å². The molecule has 1 fully saturated rings. The van der Waals surface area contributed by atoms with Gasteiger partial charge in [0, 0.05) is 18.3 Å². The molecular formula is C26H28ClN3O4. The second-order valence-corrected chi connectivity index (χ2v) is 9.23. The zero-order valence-corrected chi connectivity index (χ0v) is 19.8. The molecule has 0 spiro atoms. The van der Waals surface area contributed by atoms with Crippen LogP contribution in [0.1, 0.15) is 48.5 Å². The first-order valence-corrected chi connectivity index (χ1v) is 11.8. The maximum absolute atomic E-state index is 13.4. The van der Waals surface area contributed by atoms with Gasteiger partial charge in [-0.3, -0.25) is 9.59 Å². The van der Waals surface area contributed by atoms with Crippen molar-refractivity contribution in [2.45, 2.75) is 45.3 Å². The fourth-order valence-corrected chi connectivity index (χ4v) is 5.04. The number of carbonyl (C=O) groups excluding carboxylic acids is 3. The molecule has 0 bridgehead atoms. The molecule has 2 unspecified atom stereocenters.